The van der Waals surface area contributed by atoms with Crippen molar-refractivity contribution in [2.75, 3.05) is 6.54 Å². The third-order valence-corrected chi connectivity index (χ3v) is 10.6. The number of likely N-dealkylation sites (tertiary alicyclic amines) is 1. The number of nitrogens with one attached hydrogen (secondary N) is 3. The van der Waals surface area contributed by atoms with Crippen molar-refractivity contribution < 1.29 is 36.8 Å². The molecule has 1 aliphatic carbocycles. The lowest BCUT2D eigenvalue weighted by Gasteiger charge is -2.40. The Labute approximate surface area is 331 Å². The van der Waals surface area contributed by atoms with Gasteiger partial charge < -0.3 is 25.3 Å². The Hall–Kier alpha value is -5.08. The number of rotatable bonds is 17. The van der Waals surface area contributed by atoms with Crippen LogP contribution in [0.2, 0.25) is 0 Å². The lowest BCUT2D eigenvalue weighted by molar-refractivity contribution is -0.137. The minimum absolute atomic E-state index is 0.0310. The third kappa shape index (κ3) is 11.1. The molecule has 0 bridgehead atoms. The summed E-state index contributed by atoms with van der Waals surface area (Å²) in [6, 6.07) is 7.46. The summed E-state index contributed by atoms with van der Waals surface area (Å²) in [5.41, 5.74) is 1.45. The number of hydrogen-bond donors (Lipinski definition) is 3. The van der Waals surface area contributed by atoms with Gasteiger partial charge in [-0.2, -0.15) is 13.2 Å². The highest BCUT2D eigenvalue weighted by atomic mass is 19.4. The van der Waals surface area contributed by atoms with E-state index in [1.54, 1.807) is 38.2 Å². The molecule has 2 aliphatic rings. The van der Waals surface area contributed by atoms with Gasteiger partial charge in [-0.1, -0.05) is 40.2 Å². The Bertz CT molecular complexity index is 1900. The number of benzene rings is 1. The van der Waals surface area contributed by atoms with Gasteiger partial charge in [-0.25, -0.2) is 0 Å². The van der Waals surface area contributed by atoms with E-state index in [9.17, 15) is 32.3 Å². The molecule has 1 saturated carbocycles. The van der Waals surface area contributed by atoms with E-state index in [2.05, 4.69) is 49.9 Å². The Morgan fingerprint density at radius 2 is 1.60 bits per heavy atom. The van der Waals surface area contributed by atoms with E-state index in [4.69, 9.17) is 4.42 Å². The summed E-state index contributed by atoms with van der Waals surface area (Å²) in [6.07, 6.45) is 3.53. The fraction of sp³-hybridized carbons (Fsp3) is 0.548. The zero-order chi connectivity index (χ0) is 41.5. The number of alkyl halides is 3. The fourth-order valence-corrected chi connectivity index (χ4v) is 7.28. The zero-order valence-corrected chi connectivity index (χ0v) is 33.5. The quantitative estimate of drug-likeness (QED) is 0.0943. The van der Waals surface area contributed by atoms with Crippen LogP contribution >= 0.6 is 0 Å². The molecular formula is C42H54F3N7O5. The van der Waals surface area contributed by atoms with Crippen molar-refractivity contribution in [1.82, 2.24) is 36.0 Å². The molecule has 308 valence electrons. The number of unbranched alkanes of at least 4 members (excludes halogenated alkanes) is 1. The van der Waals surface area contributed by atoms with Crippen LogP contribution in [0.25, 0.3) is 11.5 Å². The van der Waals surface area contributed by atoms with E-state index in [1.165, 1.54) is 17.7 Å². The van der Waals surface area contributed by atoms with Gasteiger partial charge in [0.2, 0.25) is 23.5 Å². The predicted molar refractivity (Wildman–Crippen MR) is 207 cm³/mol. The second-order valence-electron chi connectivity index (χ2n) is 16.3. The Kier molecular flexibility index (Phi) is 13.9. The molecule has 57 heavy (non-hydrogen) atoms. The Morgan fingerprint density at radius 3 is 2.19 bits per heavy atom. The molecule has 3 amide bonds. The van der Waals surface area contributed by atoms with Gasteiger partial charge in [0.05, 0.1) is 17.6 Å². The first-order valence-electron chi connectivity index (χ1n) is 19.8. The number of allylic oxidation sites excluding steroid dienone is 1. The van der Waals surface area contributed by atoms with E-state index >= 15 is 0 Å². The van der Waals surface area contributed by atoms with Gasteiger partial charge >= 0.3 is 6.18 Å². The van der Waals surface area contributed by atoms with Crippen molar-refractivity contribution in [3.63, 3.8) is 0 Å². The number of carbonyl (C=O) groups excluding carboxylic acids is 4. The highest BCUT2D eigenvalue weighted by molar-refractivity contribution is 5.99. The number of ketones is 1. The number of Topliss-reactive ketones (excluding diaryl/α,β-unsaturated/α-hetero) is 1. The lowest BCUT2D eigenvalue weighted by Crippen LogP contribution is -2.54. The van der Waals surface area contributed by atoms with Crippen molar-refractivity contribution in [3.05, 3.63) is 77.1 Å². The molecule has 3 aromatic rings. The monoisotopic (exact) mass is 793 g/mol. The van der Waals surface area contributed by atoms with Gasteiger partial charge in [0.25, 0.3) is 11.8 Å². The van der Waals surface area contributed by atoms with Crippen LogP contribution in [-0.2, 0) is 15.8 Å². The molecular weight excluding hydrogens is 740 g/mol. The third-order valence-electron chi connectivity index (χ3n) is 10.6. The molecule has 0 spiro atoms. The van der Waals surface area contributed by atoms with Gasteiger partial charge in [0, 0.05) is 36.0 Å². The summed E-state index contributed by atoms with van der Waals surface area (Å²) < 4.78 is 44.8. The van der Waals surface area contributed by atoms with Gasteiger partial charge in [-0.3, -0.25) is 24.2 Å². The van der Waals surface area contributed by atoms with Crippen LogP contribution in [0, 0.1) is 11.8 Å². The molecule has 5 rings (SSSR count). The van der Waals surface area contributed by atoms with Crippen molar-refractivity contribution in [2.45, 2.75) is 129 Å². The first-order valence-corrected chi connectivity index (χ1v) is 19.8. The zero-order valence-electron chi connectivity index (χ0n) is 33.5. The predicted octanol–water partition coefficient (Wildman–Crippen LogP) is 7.29. The first-order chi connectivity index (χ1) is 26.9. The van der Waals surface area contributed by atoms with Crippen LogP contribution < -0.4 is 16.0 Å². The van der Waals surface area contributed by atoms with Crippen LogP contribution in [0.4, 0.5) is 13.2 Å². The van der Waals surface area contributed by atoms with Crippen LogP contribution in [0.1, 0.15) is 126 Å². The summed E-state index contributed by atoms with van der Waals surface area (Å²) in [7, 11) is 0. The fourth-order valence-electron chi connectivity index (χ4n) is 7.28. The topological polar surface area (TPSA) is 159 Å². The van der Waals surface area contributed by atoms with Crippen LogP contribution in [-0.4, -0.2) is 73.8 Å². The second kappa shape index (κ2) is 18.5. The van der Waals surface area contributed by atoms with Crippen molar-refractivity contribution in [1.29, 1.82) is 0 Å². The van der Waals surface area contributed by atoms with Gasteiger partial charge in [-0.05, 0) is 113 Å². The van der Waals surface area contributed by atoms with Crippen LogP contribution in [0.3, 0.4) is 0 Å². The number of halogens is 3. The molecule has 1 aliphatic heterocycles. The van der Waals surface area contributed by atoms with Crippen molar-refractivity contribution >= 4 is 23.5 Å². The SMILES string of the molecule is CC(C)C(NC(=O)[C@@H]1CCCN1C(=C1CCC1)C(NC(=O)CCCCC(C)(C)NC(=O)c1ccccn1)C(C)C)C(=O)c1nnc(-c2ccc(C(F)(F)F)cc2)o1. The maximum atomic E-state index is 14.1. The maximum absolute atomic E-state index is 14.1. The van der Waals surface area contributed by atoms with E-state index in [0.717, 1.165) is 49.9 Å². The number of nitrogens with zero attached hydrogens (tertiary/aromatic N) is 4. The van der Waals surface area contributed by atoms with Crippen LogP contribution in [0.15, 0.2) is 64.3 Å². The molecule has 1 aromatic carbocycles. The summed E-state index contributed by atoms with van der Waals surface area (Å²) in [6.45, 7) is 12.2. The average Bonchev–Trinajstić information content (AvgIpc) is 3.83. The van der Waals surface area contributed by atoms with Gasteiger partial charge in [0.1, 0.15) is 11.7 Å². The summed E-state index contributed by atoms with van der Waals surface area (Å²) in [5.74, 6) is -2.04. The Morgan fingerprint density at radius 1 is 0.895 bits per heavy atom. The Balaban J connectivity index is 1.21. The summed E-state index contributed by atoms with van der Waals surface area (Å²) in [5, 5.41) is 17.0. The largest absolute Gasteiger partial charge is 0.416 e. The van der Waals surface area contributed by atoms with Crippen molar-refractivity contribution in [2.24, 2.45) is 11.8 Å². The highest BCUT2D eigenvalue weighted by Crippen LogP contribution is 2.37. The molecule has 3 heterocycles. The second-order valence-corrected chi connectivity index (χ2v) is 16.3. The molecule has 2 unspecified atom stereocenters. The molecule has 2 aromatic heterocycles. The van der Waals surface area contributed by atoms with E-state index in [-0.39, 0.29) is 52.9 Å². The number of amides is 3. The van der Waals surface area contributed by atoms with Crippen molar-refractivity contribution in [3.8, 4) is 11.5 Å². The van der Waals surface area contributed by atoms with E-state index in [0.29, 0.717) is 37.9 Å². The molecule has 2 fully saturated rings. The molecule has 12 nitrogen and oxygen atoms in total. The number of aromatic nitrogens is 3. The standard InChI is InChI=1S/C42H54F3N7O5/c1-25(2)33(47-32(53)17-7-9-22-41(5,6)49-37(55)30-15-8-10-23-46-30)35(27-13-11-14-27)52-24-12-16-31(52)38(56)48-34(26(3)4)36(54)40-51-50-39(57-40)28-18-20-29(21-19-28)42(43,44)45/h8,10,15,18-21,23,25-26,31,33-34H,7,9,11-14,16-17,22,24H2,1-6H3,(H,47,53)(H,48,56)(H,49,55)/t31-,33?,34?/m0/s1. The van der Waals surface area contributed by atoms with Crippen LogP contribution in [0.5, 0.6) is 0 Å². The number of carbonyl (C=O) groups is 4. The summed E-state index contributed by atoms with van der Waals surface area (Å²) >= 11 is 0. The first kappa shape index (κ1) is 43.1. The number of hydrogen-bond acceptors (Lipinski definition) is 9. The molecule has 15 heteroatoms. The highest BCUT2D eigenvalue weighted by Gasteiger charge is 2.40. The molecule has 1 saturated heterocycles. The average molecular weight is 794 g/mol. The van der Waals surface area contributed by atoms with E-state index in [1.807, 2.05) is 13.8 Å². The molecule has 3 N–H and O–H groups in total. The molecule has 3 atom stereocenters. The minimum atomic E-state index is -4.51. The summed E-state index contributed by atoms with van der Waals surface area (Å²) in [4.78, 5) is 60.1. The maximum Gasteiger partial charge on any atom is 0.416 e. The number of pyridine rings is 1. The normalized spacial score (nSPS) is 16.9. The molecule has 0 radical (unpaired) electrons. The lowest BCUT2D eigenvalue weighted by atomic mass is 9.84. The van der Waals surface area contributed by atoms with Gasteiger partial charge in [-0.15, -0.1) is 10.2 Å². The smallest absolute Gasteiger partial charge is 0.414 e. The van der Waals surface area contributed by atoms with Gasteiger partial charge in [0.15, 0.2) is 0 Å². The minimum Gasteiger partial charge on any atom is -0.414 e. The van der Waals surface area contributed by atoms with E-state index < -0.39 is 35.1 Å².